The zero-order chi connectivity index (χ0) is 17.3. The summed E-state index contributed by atoms with van der Waals surface area (Å²) < 4.78 is 7.08. The molecule has 2 aromatic rings. The molecule has 24 heavy (non-hydrogen) atoms. The van der Waals surface area contributed by atoms with Gasteiger partial charge in [-0.1, -0.05) is 11.8 Å². The van der Waals surface area contributed by atoms with E-state index >= 15 is 0 Å². The number of aromatic nitrogens is 4. The standard InChI is InChI=1S/C16H20N4O3S/c1-4-23-15(22)13-9(2)14(18-10(13)3)12(21)7-24-16-19-17-8-20(16)11-5-6-11/h8,11,18H,4-7H2,1-3H3. The molecule has 8 heteroatoms. The van der Waals surface area contributed by atoms with Gasteiger partial charge in [0.1, 0.15) is 6.33 Å². The van der Waals surface area contributed by atoms with Crippen LogP contribution >= 0.6 is 11.8 Å². The number of Topliss-reactive ketones (excluding diaryl/α,β-unsaturated/α-hetero) is 1. The highest BCUT2D eigenvalue weighted by Gasteiger charge is 2.27. The molecule has 1 N–H and O–H groups in total. The minimum absolute atomic E-state index is 0.0681. The number of rotatable bonds is 7. The topological polar surface area (TPSA) is 89.9 Å². The van der Waals surface area contributed by atoms with Crippen LogP contribution in [-0.4, -0.2) is 43.9 Å². The minimum Gasteiger partial charge on any atom is -0.462 e. The lowest BCUT2D eigenvalue weighted by Gasteiger charge is -2.04. The molecule has 1 aliphatic rings. The molecule has 2 aromatic heterocycles. The lowest BCUT2D eigenvalue weighted by Crippen LogP contribution is -2.09. The molecule has 0 unspecified atom stereocenters. The number of esters is 1. The summed E-state index contributed by atoms with van der Waals surface area (Å²) in [4.78, 5) is 27.6. The Morgan fingerprint density at radius 2 is 2.17 bits per heavy atom. The largest absolute Gasteiger partial charge is 0.462 e. The predicted octanol–water partition coefficient (Wildman–Crippen LogP) is 2.71. The first-order valence-corrected chi connectivity index (χ1v) is 8.93. The van der Waals surface area contributed by atoms with Crippen molar-refractivity contribution >= 4 is 23.5 Å². The van der Waals surface area contributed by atoms with Gasteiger partial charge in [-0.25, -0.2) is 4.79 Å². The highest BCUT2D eigenvalue weighted by atomic mass is 32.2. The summed E-state index contributed by atoms with van der Waals surface area (Å²) in [7, 11) is 0. The van der Waals surface area contributed by atoms with E-state index in [9.17, 15) is 9.59 Å². The number of carbonyl (C=O) groups is 2. The van der Waals surface area contributed by atoms with Crippen LogP contribution in [0.4, 0.5) is 0 Å². The number of ketones is 1. The van der Waals surface area contributed by atoms with Gasteiger partial charge in [0, 0.05) is 11.7 Å². The molecular weight excluding hydrogens is 328 g/mol. The van der Waals surface area contributed by atoms with Crippen molar-refractivity contribution in [3.63, 3.8) is 0 Å². The van der Waals surface area contributed by atoms with Gasteiger partial charge < -0.3 is 14.3 Å². The number of thioether (sulfide) groups is 1. The molecule has 7 nitrogen and oxygen atoms in total. The van der Waals surface area contributed by atoms with E-state index in [-0.39, 0.29) is 11.5 Å². The van der Waals surface area contributed by atoms with Crippen molar-refractivity contribution in [1.29, 1.82) is 0 Å². The van der Waals surface area contributed by atoms with Crippen molar-refractivity contribution in [3.05, 3.63) is 28.8 Å². The van der Waals surface area contributed by atoms with E-state index in [4.69, 9.17) is 4.74 Å². The maximum atomic E-state index is 12.5. The van der Waals surface area contributed by atoms with Crippen molar-refractivity contribution in [2.75, 3.05) is 12.4 Å². The zero-order valence-corrected chi connectivity index (χ0v) is 14.8. The van der Waals surface area contributed by atoms with Crippen molar-refractivity contribution in [3.8, 4) is 0 Å². The summed E-state index contributed by atoms with van der Waals surface area (Å²) in [6.07, 6.45) is 3.99. The van der Waals surface area contributed by atoms with Crippen LogP contribution in [0.3, 0.4) is 0 Å². The molecule has 0 aliphatic heterocycles. The second-order valence-electron chi connectivity index (χ2n) is 5.81. The second kappa shape index (κ2) is 6.80. The molecule has 0 bridgehead atoms. The van der Waals surface area contributed by atoms with Crippen molar-refractivity contribution in [2.24, 2.45) is 0 Å². The van der Waals surface area contributed by atoms with E-state index < -0.39 is 5.97 Å². The Kier molecular flexibility index (Phi) is 4.75. The summed E-state index contributed by atoms with van der Waals surface area (Å²) >= 11 is 1.37. The van der Waals surface area contributed by atoms with Crippen LogP contribution < -0.4 is 0 Å². The number of hydrogen-bond acceptors (Lipinski definition) is 6. The highest BCUT2D eigenvalue weighted by molar-refractivity contribution is 7.99. The molecule has 1 fully saturated rings. The molecule has 0 spiro atoms. The highest BCUT2D eigenvalue weighted by Crippen LogP contribution is 2.37. The van der Waals surface area contributed by atoms with E-state index in [1.807, 2.05) is 4.57 Å². The Bertz CT molecular complexity index is 776. The summed E-state index contributed by atoms with van der Waals surface area (Å²) in [6, 6.07) is 0.475. The Balaban J connectivity index is 1.72. The minimum atomic E-state index is -0.399. The third-order valence-electron chi connectivity index (χ3n) is 4.01. The number of H-pyrrole nitrogens is 1. The van der Waals surface area contributed by atoms with Gasteiger partial charge in [0.05, 0.1) is 23.6 Å². The summed E-state index contributed by atoms with van der Waals surface area (Å²) in [6.45, 7) is 5.60. The average molecular weight is 348 g/mol. The van der Waals surface area contributed by atoms with E-state index in [1.165, 1.54) is 11.8 Å². The first-order chi connectivity index (χ1) is 11.5. The normalized spacial score (nSPS) is 14.0. The fourth-order valence-electron chi connectivity index (χ4n) is 2.68. The molecule has 2 heterocycles. The van der Waals surface area contributed by atoms with E-state index in [0.29, 0.717) is 35.2 Å². The van der Waals surface area contributed by atoms with Gasteiger partial charge in [-0.15, -0.1) is 10.2 Å². The molecule has 0 amide bonds. The van der Waals surface area contributed by atoms with Crippen LogP contribution in [0, 0.1) is 13.8 Å². The maximum Gasteiger partial charge on any atom is 0.340 e. The number of nitrogens with zero attached hydrogens (tertiary/aromatic N) is 3. The van der Waals surface area contributed by atoms with Crippen LogP contribution in [0.5, 0.6) is 0 Å². The van der Waals surface area contributed by atoms with Crippen molar-refractivity contribution in [2.45, 2.75) is 44.8 Å². The molecule has 1 aliphatic carbocycles. The average Bonchev–Trinajstić information content (AvgIpc) is 3.20. The number of ether oxygens (including phenoxy) is 1. The van der Waals surface area contributed by atoms with Gasteiger partial charge in [0.2, 0.25) is 0 Å². The van der Waals surface area contributed by atoms with Crippen molar-refractivity contribution in [1.82, 2.24) is 19.7 Å². The number of aryl methyl sites for hydroxylation is 1. The first-order valence-electron chi connectivity index (χ1n) is 7.94. The Morgan fingerprint density at radius 3 is 2.83 bits per heavy atom. The first kappa shape index (κ1) is 16.8. The van der Waals surface area contributed by atoms with Crippen LogP contribution in [0.2, 0.25) is 0 Å². The number of aromatic amines is 1. The van der Waals surface area contributed by atoms with Crippen LogP contribution in [0.15, 0.2) is 11.5 Å². The van der Waals surface area contributed by atoms with Gasteiger partial charge in [-0.05, 0) is 39.2 Å². The molecule has 0 aromatic carbocycles. The number of carbonyl (C=O) groups excluding carboxylic acids is 2. The number of nitrogens with one attached hydrogen (secondary N) is 1. The van der Waals surface area contributed by atoms with Gasteiger partial charge in [0.25, 0.3) is 0 Å². The second-order valence-corrected chi connectivity index (χ2v) is 6.75. The molecule has 3 rings (SSSR count). The molecular formula is C16H20N4O3S. The van der Waals surface area contributed by atoms with E-state index in [2.05, 4.69) is 15.2 Å². The summed E-state index contributed by atoms with van der Waals surface area (Å²) in [5.41, 5.74) is 2.20. The molecule has 0 radical (unpaired) electrons. The molecule has 0 atom stereocenters. The molecule has 0 saturated heterocycles. The molecule has 128 valence electrons. The Hall–Kier alpha value is -2.09. The SMILES string of the molecule is CCOC(=O)c1c(C)[nH]c(C(=O)CSc2nncn2C2CC2)c1C. The molecule has 1 saturated carbocycles. The quantitative estimate of drug-likeness (QED) is 0.470. The van der Waals surface area contributed by atoms with Gasteiger partial charge >= 0.3 is 5.97 Å². The van der Waals surface area contributed by atoms with Crippen LogP contribution in [0.1, 0.15) is 57.9 Å². The lowest BCUT2D eigenvalue weighted by molar-refractivity contribution is 0.0525. The fourth-order valence-corrected chi connectivity index (χ4v) is 3.53. The Morgan fingerprint density at radius 1 is 1.42 bits per heavy atom. The van der Waals surface area contributed by atoms with Gasteiger partial charge in [-0.2, -0.15) is 0 Å². The van der Waals surface area contributed by atoms with Crippen LogP contribution in [-0.2, 0) is 4.74 Å². The predicted molar refractivity (Wildman–Crippen MR) is 89.6 cm³/mol. The summed E-state index contributed by atoms with van der Waals surface area (Å²) in [5, 5.41) is 8.77. The smallest absolute Gasteiger partial charge is 0.340 e. The van der Waals surface area contributed by atoms with Crippen LogP contribution in [0.25, 0.3) is 0 Å². The number of hydrogen-bond donors (Lipinski definition) is 1. The lowest BCUT2D eigenvalue weighted by atomic mass is 10.1. The van der Waals surface area contributed by atoms with Crippen molar-refractivity contribution < 1.29 is 14.3 Å². The maximum absolute atomic E-state index is 12.5. The zero-order valence-electron chi connectivity index (χ0n) is 14.0. The van der Waals surface area contributed by atoms with E-state index in [1.54, 1.807) is 27.1 Å². The fraction of sp³-hybridized carbons (Fsp3) is 0.500. The summed E-state index contributed by atoms with van der Waals surface area (Å²) in [5.74, 6) is -0.223. The van der Waals surface area contributed by atoms with E-state index in [0.717, 1.165) is 18.0 Å². The third-order valence-corrected chi connectivity index (χ3v) is 4.97. The monoisotopic (exact) mass is 348 g/mol. The third kappa shape index (κ3) is 3.24. The Labute approximate surface area is 144 Å². The van der Waals surface area contributed by atoms with Gasteiger partial charge in [0.15, 0.2) is 10.9 Å². The van der Waals surface area contributed by atoms with Gasteiger partial charge in [-0.3, -0.25) is 4.79 Å².